The number of nitrogens with zero attached hydrogens (tertiary/aromatic N) is 3. The van der Waals surface area contributed by atoms with Crippen LogP contribution in [0.4, 0.5) is 11.8 Å². The fourth-order valence-corrected chi connectivity index (χ4v) is 4.12. The first-order valence-electron chi connectivity index (χ1n) is 11.3. The highest BCUT2D eigenvalue weighted by molar-refractivity contribution is 5.94. The maximum absolute atomic E-state index is 13.3. The smallest absolute Gasteiger partial charge is 0.341 e. The van der Waals surface area contributed by atoms with Crippen LogP contribution in [0.1, 0.15) is 39.5 Å². The summed E-state index contributed by atoms with van der Waals surface area (Å²) >= 11 is 0. The normalized spacial score (nSPS) is 10.3. The number of anilines is 2. The van der Waals surface area contributed by atoms with Crippen molar-refractivity contribution < 1.29 is 19.4 Å². The van der Waals surface area contributed by atoms with Gasteiger partial charge in [0.1, 0.15) is 11.4 Å². The number of aromatic nitrogens is 3. The molecule has 10 nitrogen and oxygen atoms in total. The van der Waals surface area contributed by atoms with Gasteiger partial charge in [-0.25, -0.2) is 9.78 Å². The van der Waals surface area contributed by atoms with Gasteiger partial charge in [0.25, 0.3) is 0 Å². The molecule has 0 radical (unpaired) electrons. The van der Waals surface area contributed by atoms with Gasteiger partial charge in [0.05, 0.1) is 30.7 Å². The Balaban J connectivity index is 0.00000400. The molecule has 2 aromatic heterocycles. The van der Waals surface area contributed by atoms with Gasteiger partial charge in [-0.2, -0.15) is 4.98 Å². The van der Waals surface area contributed by atoms with Crippen LogP contribution in [0.25, 0.3) is 10.9 Å². The van der Waals surface area contributed by atoms with Gasteiger partial charge in [0, 0.05) is 36.5 Å². The van der Waals surface area contributed by atoms with Gasteiger partial charge in [-0.05, 0) is 36.8 Å². The number of carboxylic acid groups (broad SMARTS) is 1. The molecule has 0 spiro atoms. The van der Waals surface area contributed by atoms with Crippen LogP contribution in [0.3, 0.4) is 0 Å². The highest BCUT2D eigenvalue weighted by atomic mass is 35.5. The number of carboxylic acids is 1. The summed E-state index contributed by atoms with van der Waals surface area (Å²) in [5, 5.41) is 9.91. The van der Waals surface area contributed by atoms with Gasteiger partial charge in [-0.3, -0.25) is 4.79 Å². The number of aryl methyl sites for hydroxylation is 1. The van der Waals surface area contributed by atoms with Crippen LogP contribution in [-0.4, -0.2) is 39.8 Å². The molecule has 5 N–H and O–H groups in total. The summed E-state index contributed by atoms with van der Waals surface area (Å²) in [7, 11) is 3.09. The quantitative estimate of drug-likeness (QED) is 0.316. The third kappa shape index (κ3) is 5.33. The van der Waals surface area contributed by atoms with Crippen LogP contribution < -0.4 is 26.4 Å². The van der Waals surface area contributed by atoms with E-state index in [4.69, 9.17) is 20.9 Å². The Morgan fingerprint density at radius 2 is 1.89 bits per heavy atom. The van der Waals surface area contributed by atoms with Crippen molar-refractivity contribution in [2.75, 3.05) is 25.7 Å². The van der Waals surface area contributed by atoms with Crippen LogP contribution in [-0.2, 0) is 13.0 Å². The lowest BCUT2D eigenvalue weighted by Gasteiger charge is -2.15. The molecule has 4 aromatic rings. The van der Waals surface area contributed by atoms with E-state index in [-0.39, 0.29) is 41.5 Å². The van der Waals surface area contributed by atoms with Crippen molar-refractivity contribution in [2.24, 2.45) is 0 Å². The van der Waals surface area contributed by atoms with Gasteiger partial charge < -0.3 is 30.6 Å². The van der Waals surface area contributed by atoms with Crippen LogP contribution in [0.2, 0.25) is 0 Å². The maximum Gasteiger partial charge on any atom is 0.341 e. The average Bonchev–Trinajstić information content (AvgIpc) is 2.88. The minimum atomic E-state index is -1.30. The number of benzene rings is 2. The van der Waals surface area contributed by atoms with E-state index in [0.717, 1.165) is 0 Å². The summed E-state index contributed by atoms with van der Waals surface area (Å²) in [4.78, 5) is 33.1. The number of halogens is 1. The predicted molar refractivity (Wildman–Crippen MR) is 147 cm³/mol. The number of aromatic carboxylic acids is 1. The number of hydrogen-bond donors (Lipinski definition) is 3. The van der Waals surface area contributed by atoms with Crippen molar-refractivity contribution in [1.82, 2.24) is 14.5 Å². The zero-order valence-corrected chi connectivity index (χ0v) is 21.8. The van der Waals surface area contributed by atoms with Crippen LogP contribution >= 0.6 is 12.4 Å². The molecule has 0 aliphatic heterocycles. The van der Waals surface area contributed by atoms with E-state index in [1.54, 1.807) is 29.9 Å². The first-order valence-corrected chi connectivity index (χ1v) is 11.3. The van der Waals surface area contributed by atoms with Crippen LogP contribution in [0.15, 0.2) is 47.5 Å². The molecule has 0 aliphatic carbocycles. The van der Waals surface area contributed by atoms with Crippen molar-refractivity contribution in [3.8, 4) is 23.3 Å². The molecule has 11 heteroatoms. The van der Waals surface area contributed by atoms with E-state index in [9.17, 15) is 14.7 Å². The highest BCUT2D eigenvalue weighted by Gasteiger charge is 2.19. The molecule has 0 aliphatic rings. The number of rotatable bonds is 6. The molecule has 0 atom stereocenters. The number of pyridine rings is 1. The third-order valence-electron chi connectivity index (χ3n) is 5.88. The van der Waals surface area contributed by atoms with Crippen molar-refractivity contribution >= 4 is 41.0 Å². The number of methoxy groups -OCH3 is 2. The number of ether oxygens (including phenoxy) is 2. The summed E-state index contributed by atoms with van der Waals surface area (Å²) in [6, 6.07) is 8.90. The lowest BCUT2D eigenvalue weighted by atomic mass is 9.97. The topological polar surface area (TPSA) is 156 Å². The zero-order valence-electron chi connectivity index (χ0n) is 20.9. The Morgan fingerprint density at radius 3 is 2.53 bits per heavy atom. The second-order valence-corrected chi connectivity index (χ2v) is 8.10. The summed E-state index contributed by atoms with van der Waals surface area (Å²) in [6.07, 6.45) is 3.00. The largest absolute Gasteiger partial charge is 0.493 e. The van der Waals surface area contributed by atoms with Gasteiger partial charge in [-0.1, -0.05) is 17.9 Å². The van der Waals surface area contributed by atoms with Crippen LogP contribution in [0, 0.1) is 11.8 Å². The fraction of sp³-hybridized carbons (Fsp3) is 0.185. The second kappa shape index (κ2) is 11.5. The average molecular weight is 536 g/mol. The minimum absolute atomic E-state index is 0. The number of fused-ring (bicyclic) bond motifs is 1. The molecule has 0 saturated heterocycles. The molecule has 0 bridgehead atoms. The lowest BCUT2D eigenvalue weighted by molar-refractivity contribution is 0.0695. The fourth-order valence-electron chi connectivity index (χ4n) is 4.12. The standard InChI is InChI=1S/C27H25N5O5.ClH/c1-4-32-14-19(26(34)35)23(33)22-17(12-18-13-30-27(29)31-25(18)28)10-15(11-20(22)32)8-9-16-6-5-7-21(36-2)24(16)37-3;/h5-7,10-11,13-14H,4,12H2,1-3H3,(H,34,35)(H4,28,29,30,31);1H. The monoisotopic (exact) mass is 535 g/mol. The van der Waals surface area contributed by atoms with Gasteiger partial charge in [0.15, 0.2) is 11.5 Å². The molecule has 4 rings (SSSR count). The molecule has 196 valence electrons. The first kappa shape index (κ1) is 27.8. The Bertz CT molecular complexity index is 1660. The van der Waals surface area contributed by atoms with E-state index < -0.39 is 11.4 Å². The minimum Gasteiger partial charge on any atom is -0.493 e. The van der Waals surface area contributed by atoms with Gasteiger partial charge in [-0.15, -0.1) is 12.4 Å². The number of nitrogens with two attached hydrogens (primary N) is 2. The third-order valence-corrected chi connectivity index (χ3v) is 5.88. The second-order valence-electron chi connectivity index (χ2n) is 8.10. The van der Waals surface area contributed by atoms with E-state index in [1.807, 2.05) is 19.1 Å². The maximum atomic E-state index is 13.3. The van der Waals surface area contributed by atoms with Gasteiger partial charge in [0.2, 0.25) is 11.4 Å². The first-order chi connectivity index (χ1) is 17.8. The van der Waals surface area contributed by atoms with E-state index in [1.165, 1.54) is 19.5 Å². The Kier molecular flexibility index (Phi) is 8.45. The molecule has 0 amide bonds. The van der Waals surface area contributed by atoms with Gasteiger partial charge >= 0.3 is 5.97 Å². The Hall–Kier alpha value is -4.75. The zero-order chi connectivity index (χ0) is 26.7. The predicted octanol–water partition coefficient (Wildman–Crippen LogP) is 3.10. The van der Waals surface area contributed by atoms with Crippen molar-refractivity contribution in [1.29, 1.82) is 0 Å². The summed E-state index contributed by atoms with van der Waals surface area (Å²) in [6.45, 7) is 2.30. The molecule has 2 heterocycles. The highest BCUT2D eigenvalue weighted by Crippen LogP contribution is 2.30. The lowest BCUT2D eigenvalue weighted by Crippen LogP contribution is -2.20. The number of nitrogen functional groups attached to an aromatic ring is 2. The van der Waals surface area contributed by atoms with E-state index in [2.05, 4.69) is 21.8 Å². The summed E-state index contributed by atoms with van der Waals surface area (Å²) in [5.41, 5.74) is 13.6. The molecular formula is C27H26ClN5O5. The summed E-state index contributed by atoms with van der Waals surface area (Å²) in [5.74, 6) is 6.19. The molecule has 38 heavy (non-hydrogen) atoms. The molecule has 0 saturated carbocycles. The van der Waals surface area contributed by atoms with Crippen molar-refractivity contribution in [2.45, 2.75) is 19.9 Å². The Morgan fingerprint density at radius 1 is 1.13 bits per heavy atom. The number of para-hydroxylation sites is 1. The number of hydrogen-bond acceptors (Lipinski definition) is 8. The summed E-state index contributed by atoms with van der Waals surface area (Å²) < 4.78 is 12.5. The molecular weight excluding hydrogens is 510 g/mol. The Labute approximate surface area is 224 Å². The molecule has 2 aromatic carbocycles. The van der Waals surface area contributed by atoms with Crippen LogP contribution in [0.5, 0.6) is 11.5 Å². The molecule has 0 unspecified atom stereocenters. The van der Waals surface area contributed by atoms with Crippen molar-refractivity contribution in [3.63, 3.8) is 0 Å². The molecule has 0 fully saturated rings. The van der Waals surface area contributed by atoms with E-state index in [0.29, 0.717) is 45.8 Å². The van der Waals surface area contributed by atoms with E-state index >= 15 is 0 Å². The van der Waals surface area contributed by atoms with Crippen molar-refractivity contribution in [3.05, 3.63) is 80.8 Å². The number of carbonyl (C=O) groups is 1. The SMILES string of the molecule is CCn1cc(C(=O)O)c(=O)c2c(Cc3cnc(N)nc3N)cc(C#Cc3cccc(OC)c3OC)cc21.Cl.